The van der Waals surface area contributed by atoms with E-state index in [2.05, 4.69) is 54.2 Å². The number of piperidine rings is 1. The summed E-state index contributed by atoms with van der Waals surface area (Å²) in [5.41, 5.74) is 6.23. The third kappa shape index (κ3) is 7.63. The highest BCUT2D eigenvalue weighted by Gasteiger charge is 2.38. The van der Waals surface area contributed by atoms with Crippen molar-refractivity contribution in [2.75, 3.05) is 31.7 Å². The molecule has 0 aliphatic carbocycles. The summed E-state index contributed by atoms with van der Waals surface area (Å²) in [5, 5.41) is 5.15. The molecule has 248 valence electrons. The van der Waals surface area contributed by atoms with E-state index in [-0.39, 0.29) is 5.60 Å². The van der Waals surface area contributed by atoms with Gasteiger partial charge >= 0.3 is 5.97 Å². The van der Waals surface area contributed by atoms with E-state index < -0.39 is 17.7 Å². The van der Waals surface area contributed by atoms with Crippen LogP contribution >= 0.6 is 0 Å². The number of pyridine rings is 1. The average molecular weight is 638 g/mol. The van der Waals surface area contributed by atoms with Crippen LogP contribution in [0.15, 0.2) is 74.1 Å². The number of esters is 1. The maximum Gasteiger partial charge on any atom is 0.339 e. The van der Waals surface area contributed by atoms with Gasteiger partial charge in [0.15, 0.2) is 11.8 Å². The summed E-state index contributed by atoms with van der Waals surface area (Å²) in [7, 11) is 1.38. The summed E-state index contributed by atoms with van der Waals surface area (Å²) < 4.78 is 19.7. The van der Waals surface area contributed by atoms with Crippen LogP contribution in [0.5, 0.6) is 0 Å². The van der Waals surface area contributed by atoms with Gasteiger partial charge in [-0.2, -0.15) is 9.61 Å². The summed E-state index contributed by atoms with van der Waals surface area (Å²) in [4.78, 5) is 25.0. The van der Waals surface area contributed by atoms with E-state index >= 15 is 0 Å². The highest BCUT2D eigenvalue weighted by molar-refractivity contribution is 5.81. The number of nitrogens with zero attached hydrogens (tertiary/aromatic N) is 5. The fourth-order valence-electron chi connectivity index (χ4n) is 6.15. The average Bonchev–Trinajstić information content (AvgIpc) is 3.48. The van der Waals surface area contributed by atoms with Gasteiger partial charge in [-0.1, -0.05) is 30.4 Å². The van der Waals surface area contributed by atoms with Gasteiger partial charge in [0, 0.05) is 48.4 Å². The van der Waals surface area contributed by atoms with Crippen molar-refractivity contribution < 1.29 is 19.0 Å². The number of methoxy groups -OCH3 is 1. The first-order chi connectivity index (χ1) is 22.5. The molecule has 1 atom stereocenters. The summed E-state index contributed by atoms with van der Waals surface area (Å²) in [6.07, 6.45) is 9.85. The molecule has 0 radical (unpaired) electrons. The number of fused-ring (bicyclic) bond motifs is 1. The Morgan fingerprint density at radius 3 is 2.53 bits per heavy atom. The van der Waals surface area contributed by atoms with Gasteiger partial charge in [-0.25, -0.2) is 9.78 Å². The Kier molecular flexibility index (Phi) is 10.3. The highest BCUT2D eigenvalue weighted by atomic mass is 16.6. The predicted molar refractivity (Wildman–Crippen MR) is 187 cm³/mol. The number of benzene rings is 1. The molecule has 0 amide bonds. The fraction of sp³-hybridized carbons (Fsp3) is 0.421. The number of allylic oxidation sites excluding steroid dienone is 1. The molecule has 0 unspecified atom stereocenters. The van der Waals surface area contributed by atoms with E-state index in [0.717, 1.165) is 53.9 Å². The maximum absolute atomic E-state index is 13.4. The van der Waals surface area contributed by atoms with E-state index in [9.17, 15) is 4.79 Å². The molecule has 1 fully saturated rings. The molecule has 1 aromatic carbocycles. The second-order valence-corrected chi connectivity index (χ2v) is 13.3. The number of aromatic nitrogens is 4. The molecule has 5 rings (SSSR count). The van der Waals surface area contributed by atoms with Crippen molar-refractivity contribution in [3.63, 3.8) is 0 Å². The summed E-state index contributed by atoms with van der Waals surface area (Å²) in [5.74, 6) is 0.296. The number of rotatable bonds is 12. The smallest absolute Gasteiger partial charge is 0.339 e. The third-order valence-corrected chi connectivity index (χ3v) is 8.62. The minimum absolute atomic E-state index is 0.276. The summed E-state index contributed by atoms with van der Waals surface area (Å²) >= 11 is 0. The minimum atomic E-state index is -0.993. The molecule has 3 aromatic heterocycles. The largest absolute Gasteiger partial charge is 0.467 e. The number of hydrogen-bond acceptors (Lipinski definition) is 8. The Hall–Kier alpha value is -4.34. The van der Waals surface area contributed by atoms with Crippen molar-refractivity contribution in [2.24, 2.45) is 0 Å². The fourth-order valence-corrected chi connectivity index (χ4v) is 6.15. The Morgan fingerprint density at radius 2 is 1.85 bits per heavy atom. The van der Waals surface area contributed by atoms with Gasteiger partial charge in [0.05, 0.1) is 36.2 Å². The Bertz CT molecular complexity index is 1750. The molecule has 9 heteroatoms. The molecule has 0 saturated carbocycles. The molecule has 9 nitrogen and oxygen atoms in total. The highest BCUT2D eigenvalue weighted by Crippen LogP contribution is 2.39. The lowest BCUT2D eigenvalue weighted by Crippen LogP contribution is -2.45. The van der Waals surface area contributed by atoms with E-state index in [4.69, 9.17) is 24.3 Å². The lowest BCUT2D eigenvalue weighted by Gasteiger charge is -2.41. The summed E-state index contributed by atoms with van der Waals surface area (Å²) in [6, 6.07) is 12.4. The maximum atomic E-state index is 13.4. The quantitative estimate of drug-likeness (QED) is 0.117. The minimum Gasteiger partial charge on any atom is -0.467 e. The van der Waals surface area contributed by atoms with Gasteiger partial charge < -0.3 is 19.1 Å². The lowest BCUT2D eigenvalue weighted by atomic mass is 9.92. The predicted octanol–water partition coefficient (Wildman–Crippen LogP) is 7.48. The van der Waals surface area contributed by atoms with Crippen molar-refractivity contribution in [1.29, 1.82) is 0 Å². The molecular weight excluding hydrogens is 590 g/mol. The first kappa shape index (κ1) is 34.0. The van der Waals surface area contributed by atoms with Crippen LogP contribution in [0.2, 0.25) is 0 Å². The van der Waals surface area contributed by atoms with Crippen LogP contribution < -0.4 is 4.90 Å². The van der Waals surface area contributed by atoms with Crippen LogP contribution in [0, 0.1) is 6.92 Å². The second kappa shape index (κ2) is 14.2. The molecule has 0 spiro atoms. The van der Waals surface area contributed by atoms with Crippen LogP contribution in [-0.2, 0) is 25.4 Å². The molecule has 4 aromatic rings. The number of ether oxygens (including phenoxy) is 3. The first-order valence-corrected chi connectivity index (χ1v) is 16.3. The number of hydrogen-bond donors (Lipinski definition) is 0. The number of carbonyl (C=O) groups is 1. The molecule has 0 N–H and O–H groups in total. The molecule has 1 aliphatic heterocycles. The first-order valence-electron chi connectivity index (χ1n) is 16.3. The van der Waals surface area contributed by atoms with Gasteiger partial charge in [-0.05, 0) is 83.6 Å². The molecule has 4 heterocycles. The third-order valence-electron chi connectivity index (χ3n) is 8.62. The Balaban J connectivity index is 1.64. The topological polar surface area (TPSA) is 91.1 Å². The van der Waals surface area contributed by atoms with Gasteiger partial charge in [-0.15, -0.1) is 13.2 Å². The molecule has 47 heavy (non-hydrogen) atoms. The zero-order valence-electron chi connectivity index (χ0n) is 28.6. The van der Waals surface area contributed by atoms with Crippen molar-refractivity contribution in [1.82, 2.24) is 19.6 Å². The second-order valence-electron chi connectivity index (χ2n) is 13.3. The van der Waals surface area contributed by atoms with Gasteiger partial charge in [0.25, 0.3) is 0 Å². The Labute approximate surface area is 278 Å². The van der Waals surface area contributed by atoms with Crippen LogP contribution in [0.4, 0.5) is 5.82 Å². The normalized spacial score (nSPS) is 15.4. The van der Waals surface area contributed by atoms with Crippen LogP contribution in [-0.4, -0.2) is 63.6 Å². The zero-order valence-corrected chi connectivity index (χ0v) is 28.6. The van der Waals surface area contributed by atoms with Crippen LogP contribution in [0.3, 0.4) is 0 Å². The number of aryl methyl sites for hydroxylation is 2. The molecule has 1 saturated heterocycles. The molecule has 1 aliphatic rings. The van der Waals surface area contributed by atoms with E-state index in [0.29, 0.717) is 36.6 Å². The standard InChI is InChI=1S/C38H47N5O4/c1-9-11-13-27-16-19-39-25-30(27)28-14-12-15-29(23-28)31-24-32-40-26(3)33(34(36(44)45-8)47-37(4,5)6)35(43(32)41-31)42-20-17-38(7,18-21-42)46-22-10-2/h9-10,12,14-16,19,23-25,34H,1-2,11,13,17-18,20-22H2,3-8H3/t34-/m0/s1. The SMILES string of the molecule is C=CCCc1ccncc1-c1cccc(-c2cc3nc(C)c([C@H](OC(C)(C)C)C(=O)OC)c(N4CCC(C)(OCC=C)CC4)n3n2)c1. The zero-order chi connectivity index (χ0) is 33.8. The van der Waals surface area contributed by atoms with Crippen molar-refractivity contribution >= 4 is 17.4 Å². The number of anilines is 1. The van der Waals surface area contributed by atoms with Crippen molar-refractivity contribution in [3.8, 4) is 22.4 Å². The summed E-state index contributed by atoms with van der Waals surface area (Å²) in [6.45, 7) is 19.4. The number of carbonyl (C=O) groups excluding carboxylic acids is 1. The Morgan fingerprint density at radius 1 is 1.11 bits per heavy atom. The van der Waals surface area contributed by atoms with Crippen molar-refractivity contribution in [3.05, 3.63) is 90.9 Å². The van der Waals surface area contributed by atoms with Gasteiger partial charge in [0.1, 0.15) is 5.82 Å². The van der Waals surface area contributed by atoms with E-state index in [1.165, 1.54) is 12.7 Å². The monoisotopic (exact) mass is 637 g/mol. The van der Waals surface area contributed by atoms with E-state index in [1.54, 1.807) is 6.08 Å². The van der Waals surface area contributed by atoms with Crippen LogP contribution in [0.1, 0.15) is 69.9 Å². The molecule has 0 bridgehead atoms. The van der Waals surface area contributed by atoms with Crippen molar-refractivity contribution in [2.45, 2.75) is 77.6 Å². The molecular formula is C38H47N5O4. The van der Waals surface area contributed by atoms with Gasteiger partial charge in [-0.3, -0.25) is 4.98 Å². The van der Waals surface area contributed by atoms with E-state index in [1.807, 2.05) is 62.8 Å². The van der Waals surface area contributed by atoms with Gasteiger partial charge in [0.2, 0.25) is 0 Å². The lowest BCUT2D eigenvalue weighted by molar-refractivity contribution is -0.164. The van der Waals surface area contributed by atoms with Crippen LogP contribution in [0.25, 0.3) is 28.0 Å².